The minimum absolute atomic E-state index is 0.0558. The molecule has 2 N–H and O–H groups in total. The summed E-state index contributed by atoms with van der Waals surface area (Å²) in [6, 6.07) is 15.7. The monoisotopic (exact) mass is 416 g/mol. The van der Waals surface area contributed by atoms with Gasteiger partial charge in [0, 0.05) is 24.0 Å². The van der Waals surface area contributed by atoms with Crippen molar-refractivity contribution in [2.24, 2.45) is 0 Å². The second kappa shape index (κ2) is 8.95. The van der Waals surface area contributed by atoms with Crippen LogP contribution in [0.15, 0.2) is 62.6 Å². The molecule has 4 rings (SSSR count). The fourth-order valence-electron chi connectivity index (χ4n) is 3.68. The van der Waals surface area contributed by atoms with Gasteiger partial charge in [0.2, 0.25) is 0 Å². The minimum Gasteiger partial charge on any atom is -0.310 e. The number of aryl methyl sites for hydroxylation is 2. The Morgan fingerprint density at radius 1 is 0.935 bits per heavy atom. The van der Waals surface area contributed by atoms with E-state index in [1.165, 1.54) is 0 Å². The van der Waals surface area contributed by atoms with E-state index in [9.17, 15) is 9.59 Å². The van der Waals surface area contributed by atoms with Crippen LogP contribution in [0.3, 0.4) is 0 Å². The van der Waals surface area contributed by atoms with Crippen LogP contribution in [0.1, 0.15) is 42.9 Å². The van der Waals surface area contributed by atoms with Gasteiger partial charge in [0.25, 0.3) is 5.56 Å². The van der Waals surface area contributed by atoms with Crippen molar-refractivity contribution in [2.75, 3.05) is 0 Å². The Hall–Kier alpha value is -3.74. The molecule has 0 saturated carbocycles. The van der Waals surface area contributed by atoms with Gasteiger partial charge in [-0.2, -0.15) is 0 Å². The van der Waals surface area contributed by atoms with E-state index in [1.807, 2.05) is 55.5 Å². The molecule has 2 aromatic carbocycles. The van der Waals surface area contributed by atoms with Crippen molar-refractivity contribution in [3.8, 4) is 22.5 Å². The Balaban J connectivity index is 1.65. The molecule has 0 fully saturated rings. The fraction of sp³-hybridized carbons (Fsp3) is 0.250. The molecule has 4 aromatic rings. The van der Waals surface area contributed by atoms with Gasteiger partial charge in [0.15, 0.2) is 5.82 Å². The lowest BCUT2D eigenvalue weighted by molar-refractivity contribution is 0.388. The third kappa shape index (κ3) is 4.40. The van der Waals surface area contributed by atoms with E-state index in [4.69, 9.17) is 0 Å². The van der Waals surface area contributed by atoms with Crippen LogP contribution in [0.5, 0.6) is 0 Å². The van der Waals surface area contributed by atoms with Gasteiger partial charge in [-0.3, -0.25) is 14.3 Å². The lowest BCUT2D eigenvalue weighted by atomic mass is 9.96. The Bertz CT molecular complexity index is 1300. The number of H-pyrrole nitrogens is 2. The largest absolute Gasteiger partial charge is 0.439 e. The first-order valence-electron chi connectivity index (χ1n) is 10.4. The van der Waals surface area contributed by atoms with Gasteiger partial charge in [0.1, 0.15) is 5.82 Å². The summed E-state index contributed by atoms with van der Waals surface area (Å²) in [5, 5.41) is 3.81. The number of hydrogen-bond acceptors (Lipinski definition) is 5. The third-order valence-corrected chi connectivity index (χ3v) is 5.24. The minimum atomic E-state index is -0.587. The molecule has 0 bridgehead atoms. The number of nitrogens with one attached hydrogen (secondary N) is 2. The molecule has 0 saturated heterocycles. The molecule has 31 heavy (non-hydrogen) atoms. The second-order valence-corrected chi connectivity index (χ2v) is 7.40. The molecule has 0 unspecified atom stereocenters. The number of nitrogens with zero attached hydrogens (tertiary/aromatic N) is 2. The molecule has 0 radical (unpaired) electrons. The molecule has 0 aliphatic heterocycles. The van der Waals surface area contributed by atoms with Gasteiger partial charge in [-0.25, -0.2) is 9.78 Å². The van der Waals surface area contributed by atoms with Crippen LogP contribution >= 0.6 is 0 Å². The lowest BCUT2D eigenvalue weighted by Gasteiger charge is -2.11. The first-order valence-corrected chi connectivity index (χ1v) is 10.4. The van der Waals surface area contributed by atoms with Gasteiger partial charge in [-0.15, -0.1) is 0 Å². The molecule has 0 amide bonds. The van der Waals surface area contributed by atoms with Crippen LogP contribution in [0, 0.1) is 0 Å². The van der Waals surface area contributed by atoms with Crippen LogP contribution in [0.2, 0.25) is 0 Å². The van der Waals surface area contributed by atoms with Crippen LogP contribution in [0.25, 0.3) is 22.5 Å². The topological polar surface area (TPSA) is 105 Å². The molecular formula is C24H24N4O3. The zero-order valence-electron chi connectivity index (χ0n) is 17.6. The standard InChI is InChI=1S/C24H24N4O3/c1-3-7-20-19(23(29)26-21(4-2)25-20)14-15-10-12-16(13-11-15)17-8-5-6-9-18(17)22-27-24(30)31-28-22/h5-6,8-13H,3-4,7,14H2,1-2H3,(H,25,26,29)(H,27,28,30). The Morgan fingerprint density at radius 2 is 1.68 bits per heavy atom. The number of aromatic nitrogens is 4. The van der Waals surface area contributed by atoms with E-state index in [1.54, 1.807) is 0 Å². The summed E-state index contributed by atoms with van der Waals surface area (Å²) in [7, 11) is 0. The molecule has 7 nitrogen and oxygen atoms in total. The summed E-state index contributed by atoms with van der Waals surface area (Å²) in [5.74, 6) is 0.536. The maximum absolute atomic E-state index is 12.7. The molecule has 158 valence electrons. The SMILES string of the molecule is CCCc1nc(CC)[nH]c(=O)c1Cc1ccc(-c2ccccc2-c2noc(=O)[nH]2)cc1. The highest BCUT2D eigenvalue weighted by Crippen LogP contribution is 2.30. The molecule has 0 atom stereocenters. The molecular weight excluding hydrogens is 392 g/mol. The highest BCUT2D eigenvalue weighted by atomic mass is 16.5. The van der Waals surface area contributed by atoms with Gasteiger partial charge >= 0.3 is 5.76 Å². The zero-order valence-corrected chi connectivity index (χ0v) is 17.6. The smallest absolute Gasteiger partial charge is 0.310 e. The van der Waals surface area contributed by atoms with E-state index < -0.39 is 5.76 Å². The quantitative estimate of drug-likeness (QED) is 0.476. The summed E-state index contributed by atoms with van der Waals surface area (Å²) in [5.41, 5.74) is 5.27. The number of aromatic amines is 2. The molecule has 2 aromatic heterocycles. The van der Waals surface area contributed by atoms with Crippen LogP contribution in [-0.4, -0.2) is 20.1 Å². The first-order chi connectivity index (χ1) is 15.1. The van der Waals surface area contributed by atoms with Crippen molar-refractivity contribution in [3.05, 3.63) is 92.1 Å². The molecule has 0 aliphatic rings. The van der Waals surface area contributed by atoms with Crippen LogP contribution in [-0.2, 0) is 19.3 Å². The summed E-state index contributed by atoms with van der Waals surface area (Å²) in [6.07, 6.45) is 2.96. The van der Waals surface area contributed by atoms with Gasteiger partial charge in [-0.1, -0.05) is 74.0 Å². The van der Waals surface area contributed by atoms with E-state index in [-0.39, 0.29) is 5.56 Å². The van der Waals surface area contributed by atoms with Gasteiger partial charge in [-0.05, 0) is 23.1 Å². The predicted octanol–water partition coefficient (Wildman–Crippen LogP) is 3.89. The van der Waals surface area contributed by atoms with Crippen molar-refractivity contribution >= 4 is 0 Å². The Kier molecular flexibility index (Phi) is 5.93. The molecule has 0 aliphatic carbocycles. The molecule has 0 spiro atoms. The maximum Gasteiger partial charge on any atom is 0.439 e. The number of rotatable bonds is 7. The van der Waals surface area contributed by atoms with Gasteiger partial charge < -0.3 is 4.98 Å². The predicted molar refractivity (Wildman–Crippen MR) is 119 cm³/mol. The Morgan fingerprint density at radius 3 is 2.32 bits per heavy atom. The van der Waals surface area contributed by atoms with E-state index >= 15 is 0 Å². The first kappa shape index (κ1) is 20.5. The average molecular weight is 416 g/mol. The summed E-state index contributed by atoms with van der Waals surface area (Å²) in [6.45, 7) is 4.07. The highest BCUT2D eigenvalue weighted by molar-refractivity contribution is 5.80. The van der Waals surface area contributed by atoms with Gasteiger partial charge in [0.05, 0.1) is 5.69 Å². The summed E-state index contributed by atoms with van der Waals surface area (Å²) < 4.78 is 4.65. The third-order valence-electron chi connectivity index (χ3n) is 5.24. The van der Waals surface area contributed by atoms with Crippen LogP contribution in [0.4, 0.5) is 0 Å². The number of benzene rings is 2. The molecule has 2 heterocycles. The van der Waals surface area contributed by atoms with Crippen molar-refractivity contribution < 1.29 is 4.52 Å². The maximum atomic E-state index is 12.7. The normalized spacial score (nSPS) is 11.0. The summed E-state index contributed by atoms with van der Waals surface area (Å²) in [4.78, 5) is 34.2. The fourth-order valence-corrected chi connectivity index (χ4v) is 3.68. The average Bonchev–Trinajstić information content (AvgIpc) is 3.22. The van der Waals surface area contributed by atoms with E-state index in [0.29, 0.717) is 18.7 Å². The summed E-state index contributed by atoms with van der Waals surface area (Å²) >= 11 is 0. The zero-order chi connectivity index (χ0) is 21.8. The van der Waals surface area contributed by atoms with Crippen molar-refractivity contribution in [2.45, 2.75) is 39.5 Å². The van der Waals surface area contributed by atoms with Crippen LogP contribution < -0.4 is 11.3 Å². The highest BCUT2D eigenvalue weighted by Gasteiger charge is 2.13. The molecule has 7 heteroatoms. The van der Waals surface area contributed by atoms with E-state index in [2.05, 4.69) is 31.6 Å². The lowest BCUT2D eigenvalue weighted by Crippen LogP contribution is -2.20. The van der Waals surface area contributed by atoms with Crippen molar-refractivity contribution in [1.82, 2.24) is 20.1 Å². The Labute approximate surface area is 179 Å². The van der Waals surface area contributed by atoms with E-state index in [0.717, 1.165) is 52.2 Å². The van der Waals surface area contributed by atoms with Crippen molar-refractivity contribution in [1.29, 1.82) is 0 Å². The van der Waals surface area contributed by atoms with Crippen molar-refractivity contribution in [3.63, 3.8) is 0 Å². The number of hydrogen-bond donors (Lipinski definition) is 2. The second-order valence-electron chi connectivity index (χ2n) is 7.40.